The van der Waals surface area contributed by atoms with Crippen molar-refractivity contribution in [1.29, 1.82) is 0 Å². The molecule has 2 heteroatoms. The van der Waals surface area contributed by atoms with Crippen LogP contribution < -0.4 is 11.1 Å². The molecule has 0 amide bonds. The summed E-state index contributed by atoms with van der Waals surface area (Å²) < 4.78 is 0. The number of hydrogen-bond donors (Lipinski definition) is 2. The summed E-state index contributed by atoms with van der Waals surface area (Å²) >= 11 is 0. The fourth-order valence-electron chi connectivity index (χ4n) is 3.06. The average molecular weight is 210 g/mol. The average Bonchev–Trinajstić information content (AvgIpc) is 2.83. The van der Waals surface area contributed by atoms with E-state index in [1.54, 1.807) is 0 Å². The molecular formula is C13H26N2. The summed E-state index contributed by atoms with van der Waals surface area (Å²) in [6.07, 6.45) is 9.51. The molecule has 15 heavy (non-hydrogen) atoms. The Balaban J connectivity index is 1.59. The fourth-order valence-corrected chi connectivity index (χ4v) is 3.06. The molecule has 0 aromatic carbocycles. The Morgan fingerprint density at radius 2 is 2.13 bits per heavy atom. The van der Waals surface area contributed by atoms with Crippen molar-refractivity contribution in [2.24, 2.45) is 17.1 Å². The van der Waals surface area contributed by atoms with Gasteiger partial charge in [0.15, 0.2) is 0 Å². The van der Waals surface area contributed by atoms with Crippen molar-refractivity contribution in [3.8, 4) is 0 Å². The minimum Gasteiger partial charge on any atom is -0.328 e. The lowest BCUT2D eigenvalue weighted by Crippen LogP contribution is -2.29. The normalized spacial score (nSPS) is 33.2. The monoisotopic (exact) mass is 210 g/mol. The van der Waals surface area contributed by atoms with Crippen LogP contribution in [-0.2, 0) is 0 Å². The molecule has 0 saturated heterocycles. The van der Waals surface area contributed by atoms with E-state index in [1.807, 2.05) is 0 Å². The first-order valence-electron chi connectivity index (χ1n) is 6.70. The van der Waals surface area contributed by atoms with Gasteiger partial charge in [0.25, 0.3) is 0 Å². The predicted molar refractivity (Wildman–Crippen MR) is 64.8 cm³/mol. The van der Waals surface area contributed by atoms with Gasteiger partial charge in [-0.15, -0.1) is 0 Å². The van der Waals surface area contributed by atoms with E-state index in [4.69, 9.17) is 5.73 Å². The maximum absolute atomic E-state index is 5.91. The van der Waals surface area contributed by atoms with Crippen LogP contribution in [0.2, 0.25) is 0 Å². The Bertz CT molecular complexity index is 199. The van der Waals surface area contributed by atoms with Crippen LogP contribution >= 0.6 is 0 Å². The van der Waals surface area contributed by atoms with E-state index in [0.717, 1.165) is 5.92 Å². The van der Waals surface area contributed by atoms with Gasteiger partial charge in [0, 0.05) is 12.6 Å². The van der Waals surface area contributed by atoms with Crippen molar-refractivity contribution in [2.75, 3.05) is 13.1 Å². The molecule has 0 aromatic rings. The molecule has 2 rings (SSSR count). The Kier molecular flexibility index (Phi) is 3.68. The standard InChI is InChI=1S/C13H26N2/c1-2-5-13(6-7-13)10-15-9-11-3-4-12(14)8-11/h11-12,15H,2-10,14H2,1H3. The van der Waals surface area contributed by atoms with Gasteiger partial charge in [0.1, 0.15) is 0 Å². The summed E-state index contributed by atoms with van der Waals surface area (Å²) in [6.45, 7) is 4.77. The fraction of sp³-hybridized carbons (Fsp3) is 1.00. The molecule has 2 aliphatic carbocycles. The predicted octanol–water partition coefficient (Wildman–Crippen LogP) is 2.28. The molecule has 0 spiro atoms. The van der Waals surface area contributed by atoms with Gasteiger partial charge in [-0.25, -0.2) is 0 Å². The third-order valence-electron chi connectivity index (χ3n) is 4.25. The van der Waals surface area contributed by atoms with Crippen LogP contribution in [0, 0.1) is 11.3 Å². The van der Waals surface area contributed by atoms with Crippen molar-refractivity contribution in [3.63, 3.8) is 0 Å². The quantitative estimate of drug-likeness (QED) is 0.706. The molecule has 3 N–H and O–H groups in total. The lowest BCUT2D eigenvalue weighted by molar-refractivity contribution is 0.391. The van der Waals surface area contributed by atoms with Gasteiger partial charge in [-0.05, 0) is 56.4 Å². The molecule has 0 heterocycles. The van der Waals surface area contributed by atoms with E-state index in [-0.39, 0.29) is 0 Å². The summed E-state index contributed by atoms with van der Waals surface area (Å²) in [5.41, 5.74) is 6.62. The lowest BCUT2D eigenvalue weighted by Gasteiger charge is -2.17. The van der Waals surface area contributed by atoms with Crippen LogP contribution in [-0.4, -0.2) is 19.1 Å². The molecule has 0 aromatic heterocycles. The van der Waals surface area contributed by atoms with E-state index < -0.39 is 0 Å². The zero-order valence-corrected chi connectivity index (χ0v) is 10.1. The van der Waals surface area contributed by atoms with Gasteiger partial charge in [-0.1, -0.05) is 13.3 Å². The second kappa shape index (κ2) is 4.84. The summed E-state index contributed by atoms with van der Waals surface area (Å²) in [4.78, 5) is 0. The number of hydrogen-bond acceptors (Lipinski definition) is 2. The Morgan fingerprint density at radius 1 is 1.33 bits per heavy atom. The molecule has 2 nitrogen and oxygen atoms in total. The second-order valence-corrected chi connectivity index (χ2v) is 5.82. The highest BCUT2D eigenvalue weighted by Gasteiger charge is 2.40. The molecule has 2 unspecified atom stereocenters. The lowest BCUT2D eigenvalue weighted by atomic mass is 10.0. The first-order valence-corrected chi connectivity index (χ1v) is 6.70. The van der Waals surface area contributed by atoms with Gasteiger partial charge in [-0.2, -0.15) is 0 Å². The van der Waals surface area contributed by atoms with Crippen molar-refractivity contribution in [2.45, 2.75) is 57.9 Å². The first-order chi connectivity index (χ1) is 7.24. The number of rotatable bonds is 6. The van der Waals surface area contributed by atoms with Gasteiger partial charge in [0.05, 0.1) is 0 Å². The maximum atomic E-state index is 5.91. The zero-order valence-electron chi connectivity index (χ0n) is 10.1. The number of nitrogens with one attached hydrogen (secondary N) is 1. The summed E-state index contributed by atoms with van der Waals surface area (Å²) in [5.74, 6) is 0.859. The first kappa shape index (κ1) is 11.4. The van der Waals surface area contributed by atoms with Gasteiger partial charge in [0.2, 0.25) is 0 Å². The molecule has 88 valence electrons. The smallest absolute Gasteiger partial charge is 0.00420 e. The van der Waals surface area contributed by atoms with Gasteiger partial charge >= 0.3 is 0 Å². The van der Waals surface area contributed by atoms with E-state index >= 15 is 0 Å². The summed E-state index contributed by atoms with van der Waals surface area (Å²) in [5, 5.41) is 3.68. The van der Waals surface area contributed by atoms with E-state index in [9.17, 15) is 0 Å². The molecular weight excluding hydrogens is 184 g/mol. The summed E-state index contributed by atoms with van der Waals surface area (Å²) in [7, 11) is 0. The van der Waals surface area contributed by atoms with Crippen LogP contribution in [0.1, 0.15) is 51.9 Å². The van der Waals surface area contributed by atoms with E-state index in [1.165, 1.54) is 58.0 Å². The highest BCUT2D eigenvalue weighted by atomic mass is 14.9. The molecule has 0 bridgehead atoms. The maximum Gasteiger partial charge on any atom is 0.00420 e. The largest absolute Gasteiger partial charge is 0.328 e. The highest BCUT2D eigenvalue weighted by Crippen LogP contribution is 2.48. The molecule has 2 saturated carbocycles. The van der Waals surface area contributed by atoms with Crippen LogP contribution in [0.15, 0.2) is 0 Å². The Morgan fingerprint density at radius 3 is 2.67 bits per heavy atom. The Labute approximate surface area is 94.0 Å². The van der Waals surface area contributed by atoms with Crippen molar-refractivity contribution in [3.05, 3.63) is 0 Å². The van der Waals surface area contributed by atoms with Crippen molar-refractivity contribution in [1.82, 2.24) is 5.32 Å². The zero-order chi connectivity index (χ0) is 10.7. The third kappa shape index (κ3) is 3.18. The molecule has 0 radical (unpaired) electrons. The highest BCUT2D eigenvalue weighted by molar-refractivity contribution is 4.94. The molecule has 0 aliphatic heterocycles. The molecule has 2 fully saturated rings. The Hall–Kier alpha value is -0.0800. The molecule has 2 atom stereocenters. The molecule has 2 aliphatic rings. The third-order valence-corrected chi connectivity index (χ3v) is 4.25. The van der Waals surface area contributed by atoms with E-state index in [2.05, 4.69) is 12.2 Å². The van der Waals surface area contributed by atoms with Gasteiger partial charge in [-0.3, -0.25) is 0 Å². The van der Waals surface area contributed by atoms with E-state index in [0.29, 0.717) is 11.5 Å². The minimum atomic E-state index is 0.488. The van der Waals surface area contributed by atoms with Gasteiger partial charge < -0.3 is 11.1 Å². The second-order valence-electron chi connectivity index (χ2n) is 5.82. The van der Waals surface area contributed by atoms with Crippen molar-refractivity contribution >= 4 is 0 Å². The van der Waals surface area contributed by atoms with Crippen molar-refractivity contribution < 1.29 is 0 Å². The van der Waals surface area contributed by atoms with Crippen LogP contribution in [0.4, 0.5) is 0 Å². The van der Waals surface area contributed by atoms with Crippen LogP contribution in [0.5, 0.6) is 0 Å². The minimum absolute atomic E-state index is 0.488. The van der Waals surface area contributed by atoms with Crippen LogP contribution in [0.25, 0.3) is 0 Å². The SMILES string of the molecule is CCCC1(CNCC2CCC(N)C2)CC1. The number of nitrogens with two attached hydrogens (primary N) is 1. The summed E-state index contributed by atoms with van der Waals surface area (Å²) in [6, 6.07) is 0.488. The topological polar surface area (TPSA) is 38.0 Å². The van der Waals surface area contributed by atoms with Crippen LogP contribution in [0.3, 0.4) is 0 Å².